The molecule has 0 aromatic rings. The van der Waals surface area contributed by atoms with Crippen molar-refractivity contribution in [2.45, 2.75) is 44.1 Å². The Balaban J connectivity index is 2.02. The van der Waals surface area contributed by atoms with E-state index >= 15 is 0 Å². The SMILES string of the molecule is O=C1CC(C(=O)NC2(C(=O)O)CCCCC2)CN1. The summed E-state index contributed by atoms with van der Waals surface area (Å²) in [4.78, 5) is 34.5. The fourth-order valence-corrected chi connectivity index (χ4v) is 2.68. The summed E-state index contributed by atoms with van der Waals surface area (Å²) < 4.78 is 0. The summed E-state index contributed by atoms with van der Waals surface area (Å²) in [5.41, 5.74) is -1.12. The predicted molar refractivity (Wildman–Crippen MR) is 62.7 cm³/mol. The van der Waals surface area contributed by atoms with E-state index in [1.54, 1.807) is 0 Å². The van der Waals surface area contributed by atoms with E-state index < -0.39 is 17.4 Å². The number of aliphatic carboxylic acids is 1. The molecule has 0 aromatic carbocycles. The molecule has 0 spiro atoms. The molecule has 6 heteroatoms. The highest BCUT2D eigenvalue weighted by Gasteiger charge is 2.42. The number of nitrogens with one attached hydrogen (secondary N) is 2. The lowest BCUT2D eigenvalue weighted by Gasteiger charge is -2.34. The molecule has 1 saturated heterocycles. The van der Waals surface area contributed by atoms with Crippen LogP contribution in [0.5, 0.6) is 0 Å². The third-order valence-corrected chi connectivity index (χ3v) is 3.83. The first-order valence-corrected chi connectivity index (χ1v) is 6.36. The Bertz CT molecular complexity index is 374. The third-order valence-electron chi connectivity index (χ3n) is 3.83. The van der Waals surface area contributed by atoms with Gasteiger partial charge < -0.3 is 15.7 Å². The number of carboxylic acid groups (broad SMARTS) is 1. The largest absolute Gasteiger partial charge is 0.480 e. The van der Waals surface area contributed by atoms with Crippen molar-refractivity contribution in [2.24, 2.45) is 5.92 Å². The highest BCUT2D eigenvalue weighted by Crippen LogP contribution is 2.29. The molecule has 6 nitrogen and oxygen atoms in total. The van der Waals surface area contributed by atoms with Gasteiger partial charge in [0, 0.05) is 13.0 Å². The summed E-state index contributed by atoms with van der Waals surface area (Å²) in [6, 6.07) is 0. The Kier molecular flexibility index (Phi) is 3.54. The number of carboxylic acids is 1. The minimum atomic E-state index is -1.12. The second-order valence-corrected chi connectivity index (χ2v) is 5.14. The molecule has 0 radical (unpaired) electrons. The van der Waals surface area contributed by atoms with Gasteiger partial charge in [-0.05, 0) is 12.8 Å². The van der Waals surface area contributed by atoms with Crippen LogP contribution in [0, 0.1) is 5.92 Å². The Morgan fingerprint density at radius 1 is 1.28 bits per heavy atom. The maximum Gasteiger partial charge on any atom is 0.329 e. The zero-order chi connectivity index (χ0) is 13.2. The fourth-order valence-electron chi connectivity index (χ4n) is 2.68. The third kappa shape index (κ3) is 2.47. The molecule has 2 rings (SSSR count). The predicted octanol–water partition coefficient (Wildman–Crippen LogP) is 0.0262. The van der Waals surface area contributed by atoms with Crippen molar-refractivity contribution < 1.29 is 19.5 Å². The van der Waals surface area contributed by atoms with Gasteiger partial charge >= 0.3 is 5.97 Å². The standard InChI is InChI=1S/C12H18N2O4/c15-9-6-8(7-13-9)10(16)14-12(11(17)18)4-2-1-3-5-12/h8H,1-7H2,(H,13,15)(H,14,16)(H,17,18). The Labute approximate surface area is 105 Å². The summed E-state index contributed by atoms with van der Waals surface area (Å²) in [7, 11) is 0. The molecule has 0 bridgehead atoms. The average molecular weight is 254 g/mol. The van der Waals surface area contributed by atoms with Gasteiger partial charge in [-0.15, -0.1) is 0 Å². The zero-order valence-electron chi connectivity index (χ0n) is 10.2. The van der Waals surface area contributed by atoms with Gasteiger partial charge in [0.25, 0.3) is 0 Å². The van der Waals surface area contributed by atoms with Crippen molar-refractivity contribution >= 4 is 17.8 Å². The van der Waals surface area contributed by atoms with E-state index in [1.165, 1.54) is 0 Å². The smallest absolute Gasteiger partial charge is 0.329 e. The topological polar surface area (TPSA) is 95.5 Å². The van der Waals surface area contributed by atoms with Crippen LogP contribution in [-0.2, 0) is 14.4 Å². The van der Waals surface area contributed by atoms with Gasteiger partial charge in [-0.1, -0.05) is 19.3 Å². The van der Waals surface area contributed by atoms with Crippen molar-refractivity contribution in [3.8, 4) is 0 Å². The van der Waals surface area contributed by atoms with Gasteiger partial charge in [0.15, 0.2) is 0 Å². The Hall–Kier alpha value is -1.59. The van der Waals surface area contributed by atoms with E-state index in [0.29, 0.717) is 19.4 Å². The average Bonchev–Trinajstić information content (AvgIpc) is 2.77. The molecule has 2 amide bonds. The van der Waals surface area contributed by atoms with Crippen LogP contribution in [0.4, 0.5) is 0 Å². The lowest BCUT2D eigenvalue weighted by molar-refractivity contribution is -0.149. The van der Waals surface area contributed by atoms with Gasteiger partial charge in [0.2, 0.25) is 11.8 Å². The normalized spacial score (nSPS) is 26.4. The molecule has 18 heavy (non-hydrogen) atoms. The van der Waals surface area contributed by atoms with Gasteiger partial charge in [-0.3, -0.25) is 9.59 Å². The molecule has 1 unspecified atom stereocenters. The van der Waals surface area contributed by atoms with Gasteiger partial charge in [-0.2, -0.15) is 0 Å². The summed E-state index contributed by atoms with van der Waals surface area (Å²) in [5, 5.41) is 14.6. The molecule has 2 aliphatic rings. The summed E-state index contributed by atoms with van der Waals surface area (Å²) in [5.74, 6) is -1.87. The van der Waals surface area contributed by atoms with Crippen LogP contribution >= 0.6 is 0 Å². The second-order valence-electron chi connectivity index (χ2n) is 5.14. The van der Waals surface area contributed by atoms with Crippen molar-refractivity contribution in [3.63, 3.8) is 0 Å². The number of amides is 2. The monoisotopic (exact) mass is 254 g/mol. The number of rotatable bonds is 3. The van der Waals surface area contributed by atoms with E-state index in [-0.39, 0.29) is 18.2 Å². The van der Waals surface area contributed by atoms with Crippen LogP contribution in [0.25, 0.3) is 0 Å². The van der Waals surface area contributed by atoms with Crippen LogP contribution in [0.15, 0.2) is 0 Å². The lowest BCUT2D eigenvalue weighted by Crippen LogP contribution is -2.57. The van der Waals surface area contributed by atoms with Gasteiger partial charge in [-0.25, -0.2) is 4.79 Å². The number of carbonyl (C=O) groups is 3. The molecular weight excluding hydrogens is 236 g/mol. The molecule has 2 fully saturated rings. The first-order chi connectivity index (χ1) is 8.53. The van der Waals surface area contributed by atoms with E-state index in [2.05, 4.69) is 10.6 Å². The van der Waals surface area contributed by atoms with E-state index in [0.717, 1.165) is 19.3 Å². The van der Waals surface area contributed by atoms with Crippen LogP contribution in [0.1, 0.15) is 38.5 Å². The minimum absolute atomic E-state index is 0.150. The molecule has 1 aliphatic heterocycles. The number of hydrogen-bond acceptors (Lipinski definition) is 3. The fraction of sp³-hybridized carbons (Fsp3) is 0.750. The van der Waals surface area contributed by atoms with E-state index in [4.69, 9.17) is 0 Å². The second kappa shape index (κ2) is 4.96. The van der Waals surface area contributed by atoms with Gasteiger partial charge in [0.1, 0.15) is 5.54 Å². The van der Waals surface area contributed by atoms with Crippen LogP contribution in [0.3, 0.4) is 0 Å². The summed E-state index contributed by atoms with van der Waals surface area (Å²) >= 11 is 0. The molecule has 3 N–H and O–H groups in total. The quantitative estimate of drug-likeness (QED) is 0.662. The molecule has 1 aliphatic carbocycles. The maximum atomic E-state index is 12.0. The molecule has 1 saturated carbocycles. The van der Waals surface area contributed by atoms with Crippen molar-refractivity contribution in [1.82, 2.24) is 10.6 Å². The highest BCUT2D eigenvalue weighted by molar-refractivity contribution is 5.92. The molecular formula is C12H18N2O4. The van der Waals surface area contributed by atoms with Crippen molar-refractivity contribution in [2.75, 3.05) is 6.54 Å². The number of carbonyl (C=O) groups excluding carboxylic acids is 2. The first-order valence-electron chi connectivity index (χ1n) is 6.36. The Morgan fingerprint density at radius 3 is 2.44 bits per heavy atom. The van der Waals surface area contributed by atoms with Crippen LogP contribution < -0.4 is 10.6 Å². The van der Waals surface area contributed by atoms with E-state index in [1.807, 2.05) is 0 Å². The summed E-state index contributed by atoms with van der Waals surface area (Å²) in [6.45, 7) is 0.306. The molecule has 0 aromatic heterocycles. The van der Waals surface area contributed by atoms with Crippen molar-refractivity contribution in [1.29, 1.82) is 0 Å². The van der Waals surface area contributed by atoms with Crippen LogP contribution in [0.2, 0.25) is 0 Å². The van der Waals surface area contributed by atoms with Crippen molar-refractivity contribution in [3.05, 3.63) is 0 Å². The van der Waals surface area contributed by atoms with E-state index in [9.17, 15) is 19.5 Å². The number of hydrogen-bond donors (Lipinski definition) is 3. The highest BCUT2D eigenvalue weighted by atomic mass is 16.4. The lowest BCUT2D eigenvalue weighted by atomic mass is 9.81. The summed E-state index contributed by atoms with van der Waals surface area (Å²) in [6.07, 6.45) is 3.74. The first kappa shape index (κ1) is 12.9. The maximum absolute atomic E-state index is 12.0. The minimum Gasteiger partial charge on any atom is -0.480 e. The Morgan fingerprint density at radius 2 is 1.94 bits per heavy atom. The zero-order valence-corrected chi connectivity index (χ0v) is 10.2. The molecule has 1 heterocycles. The molecule has 100 valence electrons. The molecule has 1 atom stereocenters. The van der Waals surface area contributed by atoms with Gasteiger partial charge in [0.05, 0.1) is 5.92 Å². The van der Waals surface area contributed by atoms with Crippen LogP contribution in [-0.4, -0.2) is 35.0 Å².